The Labute approximate surface area is 446 Å². The summed E-state index contributed by atoms with van der Waals surface area (Å²) in [6.07, 6.45) is 2.10. The summed E-state index contributed by atoms with van der Waals surface area (Å²) in [4.78, 5) is 0. The minimum absolute atomic E-state index is 0.0556. The van der Waals surface area contributed by atoms with Gasteiger partial charge in [-0.05, 0) is 35.4 Å². The summed E-state index contributed by atoms with van der Waals surface area (Å²) >= 11 is 0. The molecule has 0 spiro atoms. The largest absolute Gasteiger partial charge is 0.391 e. The minimum Gasteiger partial charge on any atom is -0.171 e. The second-order valence-corrected chi connectivity index (χ2v) is 19.5. The van der Waals surface area contributed by atoms with E-state index >= 15 is 0 Å². The SMILES string of the molecule is CC.CC(C)C.CC(C)C(F)(F)F.CCC.CCCC.CCCCC.CC[C@H](C)CC(F)(F)F.CC[C@H](C)CC(F)(F)F.[2H]C(C)(C)C.[2H]C(C)(C)C(F)(F)F.[2H]C([2H])(C)CC.[2H]C1(C)CCCC1.[2H]C1(C)CCCCC1. The number of hydrogen-bond acceptors (Lipinski definition) is 0. The van der Waals surface area contributed by atoms with Gasteiger partial charge in [0.15, 0.2) is 0 Å². The van der Waals surface area contributed by atoms with Crippen molar-refractivity contribution in [2.45, 2.75) is 340 Å². The smallest absolute Gasteiger partial charge is 0.171 e. The van der Waals surface area contributed by atoms with Gasteiger partial charge in [-0.3, -0.25) is 0 Å². The quantitative estimate of drug-likeness (QED) is 0.213. The predicted octanol–water partition coefficient (Wildman–Crippen LogP) is 26.7. The Bertz CT molecular complexity index is 1040. The molecule has 0 N–H and O–H groups in total. The Kier molecular flexibility index (Phi) is 77.0. The predicted molar refractivity (Wildman–Crippen MR) is 297 cm³/mol. The van der Waals surface area contributed by atoms with Gasteiger partial charge in [-0.2, -0.15) is 52.7 Å². The van der Waals surface area contributed by atoms with Crippen molar-refractivity contribution >= 4 is 0 Å². The first-order valence-electron chi connectivity index (χ1n) is 30.3. The molecule has 0 unspecified atom stereocenters. The van der Waals surface area contributed by atoms with Gasteiger partial charge in [-0.25, -0.2) is 0 Å². The molecule has 71 heavy (non-hydrogen) atoms. The molecule has 0 nitrogen and oxygen atoms in total. The van der Waals surface area contributed by atoms with Crippen LogP contribution in [0.5, 0.6) is 0 Å². The lowest BCUT2D eigenvalue weighted by Gasteiger charge is -2.15. The normalized spacial score (nSPS) is 16.6. The van der Waals surface area contributed by atoms with E-state index < -0.39 is 55.7 Å². The van der Waals surface area contributed by atoms with Crippen molar-refractivity contribution in [1.29, 1.82) is 0 Å². The fourth-order valence-electron chi connectivity index (χ4n) is 3.57. The summed E-state index contributed by atoms with van der Waals surface area (Å²) in [5.74, 6) is -3.52. The Morgan fingerprint density at radius 3 is 0.704 bits per heavy atom. The molecule has 0 aliphatic heterocycles. The number of halogens is 12. The topological polar surface area (TPSA) is 0 Å². The number of rotatable bonds is 8. The number of alkyl halides is 12. The lowest BCUT2D eigenvalue weighted by atomic mass is 9.91. The second-order valence-electron chi connectivity index (χ2n) is 19.5. The van der Waals surface area contributed by atoms with Crippen molar-refractivity contribution in [2.24, 2.45) is 47.2 Å². The van der Waals surface area contributed by atoms with E-state index in [2.05, 4.69) is 62.3 Å². The van der Waals surface area contributed by atoms with Crippen LogP contribution in [0.25, 0.3) is 0 Å². The first kappa shape index (κ1) is 79.0. The molecule has 2 atom stereocenters. The summed E-state index contributed by atoms with van der Waals surface area (Å²) in [5, 5.41) is 0. The zero-order valence-corrected chi connectivity index (χ0v) is 51.5. The average molecular weight is 1070 g/mol. The summed E-state index contributed by atoms with van der Waals surface area (Å²) in [6.45, 7) is 47.2. The molecule has 0 aromatic rings. The van der Waals surface area contributed by atoms with Crippen LogP contribution in [0.3, 0.4) is 0 Å². The van der Waals surface area contributed by atoms with Crippen LogP contribution in [0, 0.1) is 47.2 Å². The second kappa shape index (κ2) is 69.2. The van der Waals surface area contributed by atoms with Gasteiger partial charge in [-0.1, -0.05) is 302 Å². The van der Waals surface area contributed by atoms with E-state index in [0.29, 0.717) is 19.3 Å². The van der Waals surface area contributed by atoms with Crippen molar-refractivity contribution in [1.82, 2.24) is 0 Å². The van der Waals surface area contributed by atoms with Crippen molar-refractivity contribution in [3.63, 3.8) is 0 Å². The lowest BCUT2D eigenvalue weighted by Crippen LogP contribution is -2.15. The molecule has 2 aliphatic carbocycles. The Morgan fingerprint density at radius 2 is 0.648 bits per heavy atom. The molecule has 0 aromatic heterocycles. The van der Waals surface area contributed by atoms with E-state index in [1.54, 1.807) is 34.6 Å². The molecular weight excluding hydrogens is 937 g/mol. The standard InChI is InChI=1S/C7H14.2C6H11F3.C6H12.C5H12.2C4H7F3.4C4H10.C3H8.C2H6/c1-7-5-3-2-4-6-7;2*1-3-5(2)4-6(7,8)9;1-6-4-2-3-5-6;1-3-5-4-2;2*1-3(2)4(5,6)7;2*1-4(2)3;2*1-3-4-2;1-3-2;1-2/h7H,2-6H2,1H3;2*5H,3-4H2,1-2H3;6H,2-5H2,1H3;3-5H2,1-2H3;2*3H,1-2H3;2*4H,1-3H3;2*3-4H2,1-2H3;3H2,1-2H3;1-2H3/t;2*5-;;;;;;;;;;/m.00........../s1/i7D;;;6D;;3D;;4D;;3D2;;;. The molecule has 2 fully saturated rings. The molecule has 0 bridgehead atoms. The van der Waals surface area contributed by atoms with Gasteiger partial charge in [0.05, 0.1) is 0 Å². The van der Waals surface area contributed by atoms with Gasteiger partial charge in [0.1, 0.15) is 0 Å². The van der Waals surface area contributed by atoms with E-state index in [0.717, 1.165) is 59.3 Å². The van der Waals surface area contributed by atoms with Crippen LogP contribution in [0.15, 0.2) is 0 Å². The third-order valence-corrected chi connectivity index (χ3v) is 8.50. The van der Waals surface area contributed by atoms with Gasteiger partial charge < -0.3 is 0 Å². The van der Waals surface area contributed by atoms with Gasteiger partial charge in [0.2, 0.25) is 0 Å². The van der Waals surface area contributed by atoms with Gasteiger partial charge in [0.25, 0.3) is 0 Å². The van der Waals surface area contributed by atoms with Crippen LogP contribution in [0.4, 0.5) is 52.7 Å². The van der Waals surface area contributed by atoms with Crippen LogP contribution < -0.4 is 0 Å². The van der Waals surface area contributed by atoms with Gasteiger partial charge in [0, 0.05) is 32.9 Å². The summed E-state index contributed by atoms with van der Waals surface area (Å²) in [5.41, 5.74) is 0. The molecule has 12 heteroatoms. The first-order chi connectivity index (χ1) is 34.1. The third-order valence-electron chi connectivity index (χ3n) is 8.50. The fourth-order valence-corrected chi connectivity index (χ4v) is 3.57. The third kappa shape index (κ3) is 160. The Morgan fingerprint density at radius 1 is 0.451 bits per heavy atom. The molecule has 2 rings (SSSR count). The van der Waals surface area contributed by atoms with Crippen LogP contribution in [-0.2, 0) is 0 Å². The average Bonchev–Trinajstić information content (AvgIpc) is 3.64. The van der Waals surface area contributed by atoms with E-state index in [1.165, 1.54) is 70.6 Å². The molecule has 448 valence electrons. The zero-order valence-electron chi connectivity index (χ0n) is 57.5. The maximum Gasteiger partial charge on any atom is 0.391 e. The van der Waals surface area contributed by atoms with E-state index in [1.807, 2.05) is 55.4 Å². The summed E-state index contributed by atoms with van der Waals surface area (Å²) in [7, 11) is 0. The van der Waals surface area contributed by atoms with Crippen molar-refractivity contribution in [2.75, 3.05) is 0 Å². The highest BCUT2D eigenvalue weighted by Gasteiger charge is 2.32. The molecular formula is C59H128F12. The number of hydrogen-bond donors (Lipinski definition) is 0. The highest BCUT2D eigenvalue weighted by molar-refractivity contribution is 4.61. The monoisotopic (exact) mass is 1070 g/mol. The molecule has 0 radical (unpaired) electrons. The maximum atomic E-state index is 11.5. The molecule has 0 amide bonds. The molecule has 0 saturated heterocycles. The fraction of sp³-hybridized carbons (Fsp3) is 1.00. The van der Waals surface area contributed by atoms with Gasteiger partial charge >= 0.3 is 24.7 Å². The van der Waals surface area contributed by atoms with Crippen LogP contribution in [-0.4, -0.2) is 24.7 Å². The number of unbranched alkanes of at least 4 members (excludes halogenated alkanes) is 3. The molecule has 2 saturated carbocycles. The van der Waals surface area contributed by atoms with Crippen molar-refractivity contribution < 1.29 is 60.9 Å². The van der Waals surface area contributed by atoms with E-state index in [4.69, 9.17) is 8.22 Å². The highest BCUT2D eigenvalue weighted by atomic mass is 19.4. The molecule has 0 aromatic carbocycles. The van der Waals surface area contributed by atoms with Crippen molar-refractivity contribution in [3.05, 3.63) is 0 Å². The minimum atomic E-state index is -4.40. The first-order valence-corrected chi connectivity index (χ1v) is 27.3. The zero-order chi connectivity index (χ0) is 65.0. The maximum absolute atomic E-state index is 11.5. The summed E-state index contributed by atoms with van der Waals surface area (Å²) in [6, 6.07) is 0. The van der Waals surface area contributed by atoms with E-state index in [9.17, 15) is 52.7 Å². The van der Waals surface area contributed by atoms with Crippen molar-refractivity contribution in [3.8, 4) is 0 Å². The van der Waals surface area contributed by atoms with Crippen LogP contribution in [0.1, 0.15) is 323 Å². The van der Waals surface area contributed by atoms with Gasteiger partial charge in [-0.15, -0.1) is 0 Å². The van der Waals surface area contributed by atoms with Crippen LogP contribution in [0.2, 0.25) is 0 Å². The summed E-state index contributed by atoms with van der Waals surface area (Å²) < 4.78 is 179. The highest BCUT2D eigenvalue weighted by Crippen LogP contribution is 2.28. The Hall–Kier alpha value is -0.840. The van der Waals surface area contributed by atoms with E-state index in [-0.39, 0.29) is 29.5 Å². The van der Waals surface area contributed by atoms with Crippen LogP contribution >= 0.6 is 0 Å². The molecule has 2 aliphatic rings. The lowest BCUT2D eigenvalue weighted by molar-refractivity contribution is -0.165. The Balaban J connectivity index is -0.0000000691. The molecule has 0 heterocycles.